The topological polar surface area (TPSA) is 53.6 Å². The van der Waals surface area contributed by atoms with Gasteiger partial charge in [0.15, 0.2) is 0 Å². The van der Waals surface area contributed by atoms with Gasteiger partial charge in [0, 0.05) is 38.8 Å². The summed E-state index contributed by atoms with van der Waals surface area (Å²) >= 11 is 0. The lowest BCUT2D eigenvalue weighted by Gasteiger charge is -2.37. The predicted octanol–water partition coefficient (Wildman–Crippen LogP) is -0.361. The van der Waals surface area contributed by atoms with Gasteiger partial charge in [-0.1, -0.05) is 0 Å². The van der Waals surface area contributed by atoms with Crippen molar-refractivity contribution in [1.29, 1.82) is 0 Å². The van der Waals surface area contributed by atoms with Crippen molar-refractivity contribution < 1.29 is 9.53 Å². The molecule has 7 heteroatoms. The molecule has 2 fully saturated rings. The molecule has 2 atom stereocenters. The van der Waals surface area contributed by atoms with Crippen molar-refractivity contribution >= 4 is 30.7 Å². The summed E-state index contributed by atoms with van der Waals surface area (Å²) in [5.74, 6) is 0.135. The largest absolute Gasteiger partial charge is 0.366 e. The Morgan fingerprint density at radius 3 is 2.53 bits per heavy atom. The average Bonchev–Trinajstić information content (AvgIpc) is 2.30. The van der Waals surface area contributed by atoms with Crippen molar-refractivity contribution in [2.75, 3.05) is 39.3 Å². The highest BCUT2D eigenvalue weighted by Crippen LogP contribution is 2.08. The summed E-state index contributed by atoms with van der Waals surface area (Å²) in [6.07, 6.45) is -0.278. The number of morpholine rings is 1. The predicted molar refractivity (Wildman–Crippen MR) is 71.2 cm³/mol. The molecule has 0 radical (unpaired) electrons. The molecule has 0 aliphatic carbocycles. The number of rotatable bonds is 1. The Balaban J connectivity index is 0.00000128. The number of nitrogens with one attached hydrogen (secondary N) is 2. The Morgan fingerprint density at radius 2 is 1.94 bits per heavy atom. The molecule has 2 aliphatic rings. The zero-order chi connectivity index (χ0) is 10.7. The number of ether oxygens (including phenoxy) is 1. The third-order valence-corrected chi connectivity index (χ3v) is 2.99. The second-order valence-corrected chi connectivity index (χ2v) is 4.15. The average molecular weight is 286 g/mol. The van der Waals surface area contributed by atoms with E-state index in [9.17, 15) is 4.79 Å². The van der Waals surface area contributed by atoms with E-state index in [2.05, 4.69) is 17.6 Å². The number of piperazine rings is 1. The minimum absolute atomic E-state index is 0. The van der Waals surface area contributed by atoms with Gasteiger partial charge in [0.05, 0.1) is 6.61 Å². The molecule has 2 N–H and O–H groups in total. The van der Waals surface area contributed by atoms with E-state index in [1.165, 1.54) is 0 Å². The number of carbonyl (C=O) groups is 1. The molecule has 2 rings (SSSR count). The molecule has 2 aliphatic heterocycles. The molecule has 2 heterocycles. The fourth-order valence-corrected chi connectivity index (χ4v) is 2.08. The monoisotopic (exact) mass is 285 g/mol. The van der Waals surface area contributed by atoms with Gasteiger partial charge < -0.3 is 20.3 Å². The highest BCUT2D eigenvalue weighted by atomic mass is 35.5. The Kier molecular flexibility index (Phi) is 8.07. The Hall–Kier alpha value is -0.0700. The summed E-state index contributed by atoms with van der Waals surface area (Å²) in [5, 5.41) is 6.45. The van der Waals surface area contributed by atoms with E-state index in [0.29, 0.717) is 13.2 Å². The highest BCUT2D eigenvalue weighted by Gasteiger charge is 2.30. The lowest BCUT2D eigenvalue weighted by molar-refractivity contribution is -0.148. The third kappa shape index (κ3) is 4.26. The van der Waals surface area contributed by atoms with E-state index in [1.807, 2.05) is 4.90 Å². The first-order valence-corrected chi connectivity index (χ1v) is 5.62. The summed E-state index contributed by atoms with van der Waals surface area (Å²) in [6.45, 7) is 6.76. The fraction of sp³-hybridized carbons (Fsp3) is 0.900. The zero-order valence-electron chi connectivity index (χ0n) is 9.98. The van der Waals surface area contributed by atoms with Crippen molar-refractivity contribution in [2.45, 2.75) is 19.1 Å². The quantitative estimate of drug-likeness (QED) is 0.691. The number of amides is 1. The number of hydrogen-bond donors (Lipinski definition) is 2. The molecule has 0 spiro atoms. The van der Waals surface area contributed by atoms with E-state index in [0.717, 1.165) is 26.2 Å². The number of carbonyl (C=O) groups excluding carboxylic acids is 1. The van der Waals surface area contributed by atoms with Gasteiger partial charge in [0.25, 0.3) is 5.91 Å². The first kappa shape index (κ1) is 16.9. The van der Waals surface area contributed by atoms with Crippen LogP contribution in [0.2, 0.25) is 0 Å². The summed E-state index contributed by atoms with van der Waals surface area (Å²) < 4.78 is 5.47. The van der Waals surface area contributed by atoms with Gasteiger partial charge in [-0.15, -0.1) is 24.8 Å². The summed E-state index contributed by atoms with van der Waals surface area (Å²) in [7, 11) is 0. The van der Waals surface area contributed by atoms with Crippen molar-refractivity contribution in [1.82, 2.24) is 15.5 Å². The molecule has 1 unspecified atom stereocenters. The molecule has 5 nitrogen and oxygen atoms in total. The molecule has 0 bridgehead atoms. The van der Waals surface area contributed by atoms with Crippen LogP contribution in [0.25, 0.3) is 0 Å². The van der Waals surface area contributed by atoms with E-state index in [1.54, 1.807) is 0 Å². The molecule has 0 aromatic heterocycles. The van der Waals surface area contributed by atoms with Gasteiger partial charge in [-0.25, -0.2) is 0 Å². The zero-order valence-corrected chi connectivity index (χ0v) is 11.6. The van der Waals surface area contributed by atoms with Crippen LogP contribution in [-0.2, 0) is 9.53 Å². The number of halogens is 2. The minimum atomic E-state index is -0.278. The molecule has 17 heavy (non-hydrogen) atoms. The van der Waals surface area contributed by atoms with Crippen LogP contribution in [0.15, 0.2) is 0 Å². The van der Waals surface area contributed by atoms with Crippen molar-refractivity contribution in [2.24, 2.45) is 0 Å². The molecule has 102 valence electrons. The van der Waals surface area contributed by atoms with E-state index in [4.69, 9.17) is 4.74 Å². The molecular weight excluding hydrogens is 265 g/mol. The fourth-order valence-electron chi connectivity index (χ4n) is 2.08. The molecular formula is C10H21Cl2N3O2. The van der Waals surface area contributed by atoms with Crippen LogP contribution in [0.4, 0.5) is 0 Å². The van der Waals surface area contributed by atoms with Gasteiger partial charge >= 0.3 is 0 Å². The van der Waals surface area contributed by atoms with Gasteiger partial charge in [-0.05, 0) is 6.92 Å². The maximum absolute atomic E-state index is 12.1. The Labute approximate surface area is 114 Å². The smallest absolute Gasteiger partial charge is 0.253 e. The minimum Gasteiger partial charge on any atom is -0.366 e. The molecule has 0 saturated carbocycles. The standard InChI is InChI=1S/C10H19N3O2.2ClH/c1-8-6-11-2-4-13(8)10(14)9-7-12-3-5-15-9;;/h8-9,11-12H,2-7H2,1H3;2*1H/t8?,9-;;/m1../s1. The molecule has 0 aromatic rings. The van der Waals surface area contributed by atoms with Crippen LogP contribution < -0.4 is 10.6 Å². The van der Waals surface area contributed by atoms with Gasteiger partial charge in [0.2, 0.25) is 0 Å². The third-order valence-electron chi connectivity index (χ3n) is 2.99. The first-order valence-electron chi connectivity index (χ1n) is 5.62. The van der Waals surface area contributed by atoms with Crippen molar-refractivity contribution in [3.8, 4) is 0 Å². The van der Waals surface area contributed by atoms with Crippen LogP contribution in [0.1, 0.15) is 6.92 Å². The lowest BCUT2D eigenvalue weighted by atomic mass is 10.1. The lowest BCUT2D eigenvalue weighted by Crippen LogP contribution is -2.57. The Bertz CT molecular complexity index is 238. The van der Waals surface area contributed by atoms with Gasteiger partial charge in [0.1, 0.15) is 6.10 Å². The summed E-state index contributed by atoms with van der Waals surface area (Å²) in [6, 6.07) is 0.275. The van der Waals surface area contributed by atoms with Gasteiger partial charge in [-0.2, -0.15) is 0 Å². The van der Waals surface area contributed by atoms with Crippen molar-refractivity contribution in [3.05, 3.63) is 0 Å². The van der Waals surface area contributed by atoms with Crippen LogP contribution in [0.3, 0.4) is 0 Å². The van der Waals surface area contributed by atoms with E-state index >= 15 is 0 Å². The van der Waals surface area contributed by atoms with E-state index < -0.39 is 0 Å². The maximum atomic E-state index is 12.1. The molecule has 0 aromatic carbocycles. The van der Waals surface area contributed by atoms with Crippen molar-refractivity contribution in [3.63, 3.8) is 0 Å². The summed E-state index contributed by atoms with van der Waals surface area (Å²) in [5.41, 5.74) is 0. The maximum Gasteiger partial charge on any atom is 0.253 e. The Morgan fingerprint density at radius 1 is 1.24 bits per heavy atom. The van der Waals surface area contributed by atoms with Crippen LogP contribution >= 0.6 is 24.8 Å². The van der Waals surface area contributed by atoms with Crippen LogP contribution in [0.5, 0.6) is 0 Å². The molecule has 2 saturated heterocycles. The SMILES string of the molecule is CC1CNCCN1C(=O)[C@H]1CNCCO1.Cl.Cl. The van der Waals surface area contributed by atoms with Gasteiger partial charge in [-0.3, -0.25) is 4.79 Å². The van der Waals surface area contributed by atoms with E-state index in [-0.39, 0.29) is 42.9 Å². The first-order chi connectivity index (χ1) is 7.29. The van der Waals surface area contributed by atoms with Crippen LogP contribution in [-0.4, -0.2) is 62.3 Å². The molecule has 1 amide bonds. The second-order valence-electron chi connectivity index (χ2n) is 4.15. The second kappa shape index (κ2) is 8.11. The van der Waals surface area contributed by atoms with Crippen LogP contribution in [0, 0.1) is 0 Å². The highest BCUT2D eigenvalue weighted by molar-refractivity contribution is 5.85. The number of hydrogen-bond acceptors (Lipinski definition) is 4. The summed E-state index contributed by atoms with van der Waals surface area (Å²) in [4.78, 5) is 14.0. The normalized spacial score (nSPS) is 28.9. The number of nitrogens with zero attached hydrogens (tertiary/aromatic N) is 1.